The van der Waals surface area contributed by atoms with E-state index in [1.807, 2.05) is 12.1 Å². The van der Waals surface area contributed by atoms with Gasteiger partial charge in [-0.15, -0.1) is 0 Å². The first-order chi connectivity index (χ1) is 11.9. The van der Waals surface area contributed by atoms with Crippen LogP contribution in [0.5, 0.6) is 0 Å². The Morgan fingerprint density at radius 2 is 2.04 bits per heavy atom. The topological polar surface area (TPSA) is 96.8 Å². The number of aromatic amines is 1. The summed E-state index contributed by atoms with van der Waals surface area (Å²) >= 11 is 0. The molecule has 1 saturated heterocycles. The van der Waals surface area contributed by atoms with Gasteiger partial charge in [0, 0.05) is 31.4 Å². The molecule has 0 aliphatic carbocycles. The third-order valence-electron chi connectivity index (χ3n) is 4.74. The van der Waals surface area contributed by atoms with Crippen LogP contribution >= 0.6 is 0 Å². The summed E-state index contributed by atoms with van der Waals surface area (Å²) in [6.07, 6.45) is 4.75. The van der Waals surface area contributed by atoms with E-state index in [4.69, 9.17) is 0 Å². The van der Waals surface area contributed by atoms with Crippen molar-refractivity contribution < 1.29 is 4.79 Å². The summed E-state index contributed by atoms with van der Waals surface area (Å²) in [5, 5.41) is 4.26. The predicted octanol–water partition coefficient (Wildman–Crippen LogP) is 1.27. The van der Waals surface area contributed by atoms with Gasteiger partial charge in [-0.25, -0.2) is 4.98 Å². The minimum absolute atomic E-state index is 0.0491. The van der Waals surface area contributed by atoms with Crippen LogP contribution in [0, 0.1) is 5.41 Å². The first-order valence-corrected chi connectivity index (χ1v) is 8.01. The molecule has 1 atom stereocenters. The Balaban J connectivity index is 1.77. The average molecular weight is 338 g/mol. The Labute approximate surface area is 143 Å². The zero-order valence-electron chi connectivity index (χ0n) is 14.2. The van der Waals surface area contributed by atoms with Gasteiger partial charge in [-0.3, -0.25) is 19.3 Å². The van der Waals surface area contributed by atoms with Crippen molar-refractivity contribution in [3.63, 3.8) is 0 Å². The third kappa shape index (κ3) is 2.25. The van der Waals surface area contributed by atoms with Crippen molar-refractivity contribution in [2.75, 3.05) is 6.54 Å². The molecular weight excluding hydrogens is 320 g/mol. The van der Waals surface area contributed by atoms with Gasteiger partial charge in [0.1, 0.15) is 5.52 Å². The molecule has 0 radical (unpaired) electrons. The Kier molecular flexibility index (Phi) is 3.24. The number of nitrogens with zero attached hydrogens (tertiary/aromatic N) is 5. The fourth-order valence-corrected chi connectivity index (χ4v) is 3.69. The third-order valence-corrected chi connectivity index (χ3v) is 4.74. The quantitative estimate of drug-likeness (QED) is 0.759. The van der Waals surface area contributed by atoms with E-state index in [-0.39, 0.29) is 28.6 Å². The largest absolute Gasteiger partial charge is 0.329 e. The van der Waals surface area contributed by atoms with E-state index in [9.17, 15) is 9.59 Å². The van der Waals surface area contributed by atoms with Gasteiger partial charge < -0.3 is 9.88 Å². The van der Waals surface area contributed by atoms with Crippen molar-refractivity contribution in [3.8, 4) is 0 Å². The maximum absolute atomic E-state index is 13.1. The standard InChI is InChI=1S/C17H18N6O2/c1-17(2)8-23(14(17)10-4-6-18-7-5-10)16(25)12-11-13(22(3)21-12)15(24)20-9-19-11/h4-7,9,14H,8H2,1-3H3,(H,19,20,24). The highest BCUT2D eigenvalue weighted by molar-refractivity contribution is 6.03. The number of H-pyrrole nitrogens is 1. The fraction of sp³-hybridized carbons (Fsp3) is 0.353. The van der Waals surface area contributed by atoms with Gasteiger partial charge in [-0.2, -0.15) is 5.10 Å². The van der Waals surface area contributed by atoms with Gasteiger partial charge in [-0.05, 0) is 17.7 Å². The van der Waals surface area contributed by atoms with Gasteiger partial charge >= 0.3 is 0 Å². The molecule has 3 aromatic heterocycles. The number of nitrogens with one attached hydrogen (secondary N) is 1. The van der Waals surface area contributed by atoms with Crippen LogP contribution < -0.4 is 5.56 Å². The molecule has 8 nitrogen and oxygen atoms in total. The van der Waals surface area contributed by atoms with Crippen LogP contribution in [-0.2, 0) is 7.05 Å². The van der Waals surface area contributed by atoms with Crippen LogP contribution in [0.4, 0.5) is 0 Å². The summed E-state index contributed by atoms with van der Waals surface area (Å²) in [6, 6.07) is 3.78. The Morgan fingerprint density at radius 3 is 2.72 bits per heavy atom. The van der Waals surface area contributed by atoms with E-state index in [1.54, 1.807) is 24.3 Å². The number of hydrogen-bond donors (Lipinski definition) is 1. The number of carbonyl (C=O) groups excluding carboxylic acids is 1. The fourth-order valence-electron chi connectivity index (χ4n) is 3.69. The summed E-state index contributed by atoms with van der Waals surface area (Å²) in [7, 11) is 1.64. The molecule has 1 amide bonds. The summed E-state index contributed by atoms with van der Waals surface area (Å²) in [6.45, 7) is 4.86. The van der Waals surface area contributed by atoms with Crippen LogP contribution in [-0.4, -0.2) is 42.1 Å². The molecule has 1 aliphatic rings. The lowest BCUT2D eigenvalue weighted by Gasteiger charge is -2.54. The lowest BCUT2D eigenvalue weighted by molar-refractivity contribution is -0.0326. The summed E-state index contributed by atoms with van der Waals surface area (Å²) < 4.78 is 1.40. The summed E-state index contributed by atoms with van der Waals surface area (Å²) in [5.41, 5.74) is 1.50. The highest BCUT2D eigenvalue weighted by atomic mass is 16.2. The minimum Gasteiger partial charge on any atom is -0.329 e. The van der Waals surface area contributed by atoms with Crippen molar-refractivity contribution in [2.24, 2.45) is 12.5 Å². The summed E-state index contributed by atoms with van der Waals surface area (Å²) in [5.74, 6) is -0.218. The van der Waals surface area contributed by atoms with Crippen LogP contribution in [0.15, 0.2) is 35.6 Å². The number of carbonyl (C=O) groups is 1. The maximum atomic E-state index is 13.1. The molecule has 1 N–H and O–H groups in total. The summed E-state index contributed by atoms with van der Waals surface area (Å²) in [4.78, 5) is 37.6. The zero-order valence-corrected chi connectivity index (χ0v) is 14.2. The lowest BCUT2D eigenvalue weighted by atomic mass is 9.71. The zero-order chi connectivity index (χ0) is 17.8. The van der Waals surface area contributed by atoms with E-state index < -0.39 is 0 Å². The molecule has 4 heterocycles. The second-order valence-electron chi connectivity index (χ2n) is 7.01. The molecular formula is C17H18N6O2. The van der Waals surface area contributed by atoms with E-state index in [0.717, 1.165) is 5.56 Å². The Morgan fingerprint density at radius 1 is 1.32 bits per heavy atom. The van der Waals surface area contributed by atoms with Gasteiger partial charge in [0.2, 0.25) is 0 Å². The normalized spacial score (nSPS) is 19.0. The molecule has 1 unspecified atom stereocenters. The number of fused-ring (bicyclic) bond motifs is 1. The number of aromatic nitrogens is 5. The van der Waals surface area contributed by atoms with Crippen LogP contribution in [0.1, 0.15) is 35.9 Å². The molecule has 0 bridgehead atoms. The second-order valence-corrected chi connectivity index (χ2v) is 7.01. The Hall–Kier alpha value is -3.03. The molecule has 0 aromatic carbocycles. The smallest absolute Gasteiger partial charge is 0.277 e. The number of amides is 1. The molecule has 1 fully saturated rings. The SMILES string of the molecule is Cn1nc(C(=O)N2CC(C)(C)C2c2ccncc2)c2nc[nH]c(=O)c21. The number of hydrogen-bond acceptors (Lipinski definition) is 5. The first kappa shape index (κ1) is 15.5. The van der Waals surface area contributed by atoms with Crippen molar-refractivity contribution >= 4 is 16.9 Å². The van der Waals surface area contributed by atoms with Gasteiger partial charge in [0.05, 0.1) is 12.4 Å². The van der Waals surface area contributed by atoms with Crippen LogP contribution in [0.2, 0.25) is 0 Å². The minimum atomic E-state index is -0.311. The van der Waals surface area contributed by atoms with Gasteiger partial charge in [-0.1, -0.05) is 13.8 Å². The first-order valence-electron chi connectivity index (χ1n) is 8.01. The number of aryl methyl sites for hydroxylation is 1. The molecule has 0 saturated carbocycles. The van der Waals surface area contributed by atoms with E-state index in [0.29, 0.717) is 17.6 Å². The van der Waals surface area contributed by atoms with Crippen molar-refractivity contribution in [1.29, 1.82) is 0 Å². The predicted molar refractivity (Wildman–Crippen MR) is 90.9 cm³/mol. The van der Waals surface area contributed by atoms with E-state index in [1.165, 1.54) is 11.0 Å². The van der Waals surface area contributed by atoms with Crippen LogP contribution in [0.3, 0.4) is 0 Å². The second kappa shape index (κ2) is 5.23. The molecule has 8 heteroatoms. The highest BCUT2D eigenvalue weighted by Gasteiger charge is 2.49. The number of likely N-dealkylation sites (tertiary alicyclic amines) is 1. The molecule has 3 aromatic rings. The lowest BCUT2D eigenvalue weighted by Crippen LogP contribution is -2.58. The Bertz CT molecular complexity index is 1020. The molecule has 1 aliphatic heterocycles. The van der Waals surface area contributed by atoms with E-state index in [2.05, 4.69) is 33.9 Å². The maximum Gasteiger partial charge on any atom is 0.277 e. The van der Waals surface area contributed by atoms with Gasteiger partial charge in [0.15, 0.2) is 11.2 Å². The molecule has 0 spiro atoms. The molecule has 4 rings (SSSR count). The molecule has 128 valence electrons. The van der Waals surface area contributed by atoms with E-state index >= 15 is 0 Å². The monoisotopic (exact) mass is 338 g/mol. The average Bonchev–Trinajstić information content (AvgIpc) is 2.91. The number of rotatable bonds is 2. The molecule has 25 heavy (non-hydrogen) atoms. The van der Waals surface area contributed by atoms with Crippen LogP contribution in [0.25, 0.3) is 11.0 Å². The van der Waals surface area contributed by atoms with Crippen molar-refractivity contribution in [1.82, 2.24) is 29.6 Å². The van der Waals surface area contributed by atoms with Crippen molar-refractivity contribution in [2.45, 2.75) is 19.9 Å². The van der Waals surface area contributed by atoms with Crippen molar-refractivity contribution in [3.05, 3.63) is 52.5 Å². The number of pyridine rings is 1. The van der Waals surface area contributed by atoms with Gasteiger partial charge in [0.25, 0.3) is 11.5 Å². The highest BCUT2D eigenvalue weighted by Crippen LogP contribution is 2.48.